The summed E-state index contributed by atoms with van der Waals surface area (Å²) in [5, 5.41) is 7.43. The molecule has 3 aromatic rings. The lowest BCUT2D eigenvalue weighted by molar-refractivity contribution is 0.282. The summed E-state index contributed by atoms with van der Waals surface area (Å²) in [6, 6.07) is 13.6. The molecule has 0 bridgehead atoms. The molecule has 0 atom stereocenters. The molecule has 0 aliphatic heterocycles. The van der Waals surface area contributed by atoms with Gasteiger partial charge in [0.1, 0.15) is 0 Å². The predicted molar refractivity (Wildman–Crippen MR) is 163 cm³/mol. The molecular formula is C30H36N4O5S. The van der Waals surface area contributed by atoms with Gasteiger partial charge in [0.25, 0.3) is 0 Å². The first-order chi connectivity index (χ1) is 19.4. The Morgan fingerprint density at radius 2 is 1.25 bits per heavy atom. The first-order valence-corrected chi connectivity index (χ1v) is 13.7. The molecule has 9 nitrogen and oxygen atoms in total. The van der Waals surface area contributed by atoms with Crippen molar-refractivity contribution in [2.75, 3.05) is 40.8 Å². The number of thioether (sulfide) groups is 1. The van der Waals surface area contributed by atoms with Gasteiger partial charge in [0.2, 0.25) is 0 Å². The van der Waals surface area contributed by atoms with Crippen molar-refractivity contribution in [2.24, 2.45) is 5.73 Å². The van der Waals surface area contributed by atoms with Crippen LogP contribution >= 0.6 is 11.8 Å². The van der Waals surface area contributed by atoms with Crippen LogP contribution in [0.3, 0.4) is 0 Å². The van der Waals surface area contributed by atoms with E-state index in [-0.39, 0.29) is 5.17 Å². The highest BCUT2D eigenvalue weighted by Gasteiger charge is 2.07. The van der Waals surface area contributed by atoms with Crippen LogP contribution in [0.2, 0.25) is 0 Å². The maximum atomic E-state index is 7.28. The van der Waals surface area contributed by atoms with Crippen LogP contribution in [0.1, 0.15) is 41.8 Å². The lowest BCUT2D eigenvalue weighted by Crippen LogP contribution is -2.05. The van der Waals surface area contributed by atoms with Crippen molar-refractivity contribution in [2.45, 2.75) is 19.3 Å². The highest BCUT2D eigenvalue weighted by atomic mass is 32.2. The fraction of sp³-hybridized carbons (Fsp3) is 0.300. The third-order valence-electron chi connectivity index (χ3n) is 5.73. The zero-order valence-electron chi connectivity index (χ0n) is 23.3. The van der Waals surface area contributed by atoms with Gasteiger partial charge in [0.05, 0.1) is 46.4 Å². The average Bonchev–Trinajstić information content (AvgIpc) is 2.97. The fourth-order valence-electron chi connectivity index (χ4n) is 3.70. The molecule has 40 heavy (non-hydrogen) atoms. The number of hydrogen-bond donors (Lipinski definition) is 2. The number of amidine groups is 1. The number of methoxy groups -OCH3 is 4. The molecule has 0 spiro atoms. The molecule has 1 heterocycles. The van der Waals surface area contributed by atoms with Gasteiger partial charge in [0.15, 0.2) is 28.2 Å². The van der Waals surface area contributed by atoms with E-state index in [9.17, 15) is 0 Å². The van der Waals surface area contributed by atoms with Gasteiger partial charge in [-0.05, 0) is 72.9 Å². The molecule has 212 valence electrons. The van der Waals surface area contributed by atoms with E-state index >= 15 is 0 Å². The van der Waals surface area contributed by atoms with Crippen LogP contribution in [-0.4, -0.2) is 55.9 Å². The second kappa shape index (κ2) is 16.0. The first kappa shape index (κ1) is 30.4. The number of hydrogen-bond acceptors (Lipinski definition) is 9. The summed E-state index contributed by atoms with van der Waals surface area (Å²) in [5.41, 5.74) is 8.65. The van der Waals surface area contributed by atoms with Crippen LogP contribution in [0, 0.1) is 5.41 Å². The van der Waals surface area contributed by atoms with Crippen molar-refractivity contribution >= 4 is 41.2 Å². The van der Waals surface area contributed by atoms with Crippen LogP contribution in [0.15, 0.2) is 42.5 Å². The normalized spacial score (nSPS) is 11.1. The minimum Gasteiger partial charge on any atom is -0.493 e. The molecule has 0 saturated heterocycles. The van der Waals surface area contributed by atoms with Crippen LogP contribution in [0.4, 0.5) is 0 Å². The second-order valence-electron chi connectivity index (χ2n) is 8.52. The zero-order chi connectivity index (χ0) is 28.7. The van der Waals surface area contributed by atoms with Crippen LogP contribution in [0.25, 0.3) is 24.3 Å². The van der Waals surface area contributed by atoms with Crippen LogP contribution in [0.5, 0.6) is 29.0 Å². The van der Waals surface area contributed by atoms with E-state index in [0.717, 1.165) is 36.1 Å². The minimum atomic E-state index is 0.149. The number of aromatic nitrogens is 2. The Bertz CT molecular complexity index is 1250. The number of nitrogens with two attached hydrogens (primary N) is 1. The maximum absolute atomic E-state index is 7.28. The molecule has 0 unspecified atom stereocenters. The van der Waals surface area contributed by atoms with E-state index in [1.807, 2.05) is 66.8 Å². The highest BCUT2D eigenvalue weighted by molar-refractivity contribution is 8.13. The van der Waals surface area contributed by atoms with Gasteiger partial charge >= 0.3 is 6.01 Å². The average molecular weight is 565 g/mol. The number of benzene rings is 2. The molecule has 2 aromatic carbocycles. The van der Waals surface area contributed by atoms with Crippen molar-refractivity contribution in [3.8, 4) is 29.0 Å². The summed E-state index contributed by atoms with van der Waals surface area (Å²) in [6.07, 6.45) is 10.5. The number of rotatable bonds is 15. The smallest absolute Gasteiger partial charge is 0.317 e. The van der Waals surface area contributed by atoms with E-state index in [1.54, 1.807) is 28.4 Å². The molecule has 1 aromatic heterocycles. The van der Waals surface area contributed by atoms with E-state index in [2.05, 4.69) is 9.97 Å². The number of nitrogens with zero attached hydrogens (tertiary/aromatic N) is 2. The van der Waals surface area contributed by atoms with Gasteiger partial charge in [-0.2, -0.15) is 9.97 Å². The first-order valence-electron chi connectivity index (χ1n) is 12.7. The molecule has 0 aliphatic carbocycles. The lowest BCUT2D eigenvalue weighted by atomic mass is 10.1. The molecule has 0 fully saturated rings. The molecule has 0 radical (unpaired) electrons. The van der Waals surface area contributed by atoms with Crippen molar-refractivity contribution < 1.29 is 23.7 Å². The predicted octanol–water partition coefficient (Wildman–Crippen LogP) is 6.03. The topological polar surface area (TPSA) is 122 Å². The Hall–Kier alpha value is -4.18. The largest absolute Gasteiger partial charge is 0.493 e. The summed E-state index contributed by atoms with van der Waals surface area (Å²) in [4.78, 5) is 9.18. The Balaban J connectivity index is 1.79. The van der Waals surface area contributed by atoms with Crippen molar-refractivity contribution in [1.29, 1.82) is 5.41 Å². The van der Waals surface area contributed by atoms with Gasteiger partial charge < -0.3 is 29.4 Å². The molecule has 0 amide bonds. The molecular weight excluding hydrogens is 528 g/mol. The Kier molecular flexibility index (Phi) is 12.2. The summed E-state index contributed by atoms with van der Waals surface area (Å²) in [5.74, 6) is 3.46. The van der Waals surface area contributed by atoms with E-state index in [0.29, 0.717) is 47.0 Å². The van der Waals surface area contributed by atoms with Gasteiger partial charge in [-0.25, -0.2) is 0 Å². The number of unbranched alkanes of at least 4 members (excludes halogenated alkanes) is 2. The Morgan fingerprint density at radius 3 is 1.73 bits per heavy atom. The summed E-state index contributed by atoms with van der Waals surface area (Å²) in [6.45, 7) is 0.492. The maximum Gasteiger partial charge on any atom is 0.317 e. The summed E-state index contributed by atoms with van der Waals surface area (Å²) < 4.78 is 27.4. The van der Waals surface area contributed by atoms with Crippen LogP contribution in [-0.2, 0) is 0 Å². The van der Waals surface area contributed by atoms with E-state index in [1.165, 1.54) is 11.8 Å². The quantitative estimate of drug-likeness (QED) is 0.129. The van der Waals surface area contributed by atoms with Gasteiger partial charge in [-0.15, -0.1) is 0 Å². The van der Waals surface area contributed by atoms with Gasteiger partial charge in [-0.3, -0.25) is 5.41 Å². The fourth-order valence-corrected chi connectivity index (χ4v) is 4.27. The third-order valence-corrected chi connectivity index (χ3v) is 6.53. The second-order valence-corrected chi connectivity index (χ2v) is 9.65. The van der Waals surface area contributed by atoms with Gasteiger partial charge in [0, 0.05) is 5.75 Å². The van der Waals surface area contributed by atoms with Crippen molar-refractivity contribution in [3.63, 3.8) is 0 Å². The summed E-state index contributed by atoms with van der Waals surface area (Å²) in [7, 11) is 6.44. The monoisotopic (exact) mass is 564 g/mol. The molecule has 0 saturated carbocycles. The molecule has 0 aliphatic rings. The summed E-state index contributed by atoms with van der Waals surface area (Å²) >= 11 is 1.36. The number of ether oxygens (including phenoxy) is 5. The standard InChI is InChI=1S/C30H36N4O5S/c1-35-25-14-10-21(18-27(25)37-3)8-12-23-20-24(13-9-22-11-15-26(36-2)28(19-22)38-4)34-30(33-23)39-16-6-5-7-17-40-29(31)32/h8-15,18-20H,5-7,16-17H2,1-4H3,(H3,31,32)/b12-8+,13-9+. The van der Waals surface area contributed by atoms with Crippen molar-refractivity contribution in [3.05, 3.63) is 65.0 Å². The van der Waals surface area contributed by atoms with Crippen LogP contribution < -0.4 is 29.4 Å². The zero-order valence-corrected chi connectivity index (χ0v) is 24.1. The minimum absolute atomic E-state index is 0.149. The third kappa shape index (κ3) is 9.53. The molecule has 10 heteroatoms. The molecule has 3 rings (SSSR count). The lowest BCUT2D eigenvalue weighted by Gasteiger charge is -2.08. The SMILES string of the molecule is COc1ccc(/C=C/c2cc(/C=C/c3ccc(OC)c(OC)c3)nc(OCCCCCSC(=N)N)n2)cc1OC. The van der Waals surface area contributed by atoms with Crippen molar-refractivity contribution in [1.82, 2.24) is 9.97 Å². The highest BCUT2D eigenvalue weighted by Crippen LogP contribution is 2.29. The Labute approximate surface area is 239 Å². The number of nitrogens with one attached hydrogen (secondary N) is 1. The van der Waals surface area contributed by atoms with E-state index < -0.39 is 0 Å². The van der Waals surface area contributed by atoms with Gasteiger partial charge in [-0.1, -0.05) is 36.0 Å². The Morgan fingerprint density at radius 1 is 0.725 bits per heavy atom. The van der Waals surface area contributed by atoms with E-state index in [4.69, 9.17) is 34.8 Å². The molecule has 3 N–H and O–H groups in total.